The SMILES string of the molecule is CC(C)c1ccc(CN(C[C@@H]2CCCO2)S(=O)(=O)c2ccc(S(=O)(=O)N(C)C3CCCCC3)cc2)cc1. The topological polar surface area (TPSA) is 84.0 Å². The minimum absolute atomic E-state index is 0.00820. The first kappa shape index (κ1) is 28.2. The smallest absolute Gasteiger partial charge is 0.243 e. The van der Waals surface area contributed by atoms with Crippen LogP contribution in [-0.2, 0) is 31.3 Å². The van der Waals surface area contributed by atoms with E-state index in [2.05, 4.69) is 13.8 Å². The summed E-state index contributed by atoms with van der Waals surface area (Å²) in [6, 6.07) is 13.7. The Labute approximate surface area is 222 Å². The predicted octanol–water partition coefficient (Wildman–Crippen LogP) is 5.13. The number of benzene rings is 2. The van der Waals surface area contributed by atoms with Gasteiger partial charge in [-0.05, 0) is 67.0 Å². The lowest BCUT2D eigenvalue weighted by atomic mass is 9.96. The van der Waals surface area contributed by atoms with Gasteiger partial charge in [-0.25, -0.2) is 16.8 Å². The molecule has 1 saturated carbocycles. The lowest BCUT2D eigenvalue weighted by Crippen LogP contribution is -2.38. The molecule has 0 radical (unpaired) electrons. The first-order chi connectivity index (χ1) is 17.6. The fourth-order valence-electron chi connectivity index (χ4n) is 5.21. The molecule has 0 bridgehead atoms. The van der Waals surface area contributed by atoms with Crippen molar-refractivity contribution in [1.82, 2.24) is 8.61 Å². The molecule has 0 amide bonds. The van der Waals surface area contributed by atoms with Crippen LogP contribution < -0.4 is 0 Å². The van der Waals surface area contributed by atoms with Crippen LogP contribution >= 0.6 is 0 Å². The zero-order valence-electron chi connectivity index (χ0n) is 22.2. The molecule has 1 aliphatic heterocycles. The highest BCUT2D eigenvalue weighted by molar-refractivity contribution is 7.89. The number of nitrogens with zero attached hydrogens (tertiary/aromatic N) is 2. The molecule has 0 unspecified atom stereocenters. The van der Waals surface area contributed by atoms with Crippen molar-refractivity contribution < 1.29 is 21.6 Å². The molecule has 2 aliphatic rings. The van der Waals surface area contributed by atoms with Crippen LogP contribution in [0.5, 0.6) is 0 Å². The van der Waals surface area contributed by atoms with Gasteiger partial charge in [-0.15, -0.1) is 0 Å². The van der Waals surface area contributed by atoms with Crippen LogP contribution in [0.1, 0.15) is 75.8 Å². The maximum Gasteiger partial charge on any atom is 0.243 e. The van der Waals surface area contributed by atoms with Crippen molar-refractivity contribution in [2.24, 2.45) is 0 Å². The van der Waals surface area contributed by atoms with Crippen LogP contribution in [0.15, 0.2) is 58.3 Å². The summed E-state index contributed by atoms with van der Waals surface area (Å²) in [4.78, 5) is 0.207. The summed E-state index contributed by atoms with van der Waals surface area (Å²) in [5.74, 6) is 0.396. The minimum atomic E-state index is -3.87. The second-order valence-electron chi connectivity index (χ2n) is 10.6. The molecule has 1 heterocycles. The van der Waals surface area contributed by atoms with E-state index in [1.165, 1.54) is 38.4 Å². The van der Waals surface area contributed by atoms with Gasteiger partial charge in [0.25, 0.3) is 0 Å². The normalized spacial score (nSPS) is 19.8. The number of hydrogen-bond acceptors (Lipinski definition) is 5. The highest BCUT2D eigenvalue weighted by Gasteiger charge is 2.32. The van der Waals surface area contributed by atoms with Gasteiger partial charge in [0.15, 0.2) is 0 Å². The van der Waals surface area contributed by atoms with Crippen LogP contribution in [-0.4, -0.2) is 57.8 Å². The van der Waals surface area contributed by atoms with Crippen molar-refractivity contribution in [3.8, 4) is 0 Å². The first-order valence-corrected chi connectivity index (χ1v) is 16.3. The van der Waals surface area contributed by atoms with Gasteiger partial charge in [0.05, 0.1) is 15.9 Å². The second-order valence-corrected chi connectivity index (χ2v) is 14.5. The van der Waals surface area contributed by atoms with Gasteiger partial charge >= 0.3 is 0 Å². The fraction of sp³-hybridized carbons (Fsp3) is 0.571. The Morgan fingerprint density at radius 2 is 1.41 bits per heavy atom. The maximum atomic E-state index is 13.8. The van der Waals surface area contributed by atoms with Crippen LogP contribution in [0.3, 0.4) is 0 Å². The Balaban J connectivity index is 1.56. The Hall–Kier alpha value is -1.78. The summed E-state index contributed by atoms with van der Waals surface area (Å²) in [6.07, 6.45) is 6.52. The Morgan fingerprint density at radius 3 is 1.95 bits per heavy atom. The molecule has 0 spiro atoms. The van der Waals surface area contributed by atoms with Crippen molar-refractivity contribution in [1.29, 1.82) is 0 Å². The fourth-order valence-corrected chi connectivity index (χ4v) is 8.09. The van der Waals surface area contributed by atoms with Crippen LogP contribution in [0, 0.1) is 0 Å². The summed E-state index contributed by atoms with van der Waals surface area (Å²) < 4.78 is 62.6. The molecule has 0 aromatic heterocycles. The second kappa shape index (κ2) is 11.9. The Bertz CT molecular complexity index is 1230. The number of sulfonamides is 2. The van der Waals surface area contributed by atoms with E-state index in [9.17, 15) is 16.8 Å². The summed E-state index contributed by atoms with van der Waals surface area (Å²) in [5, 5.41) is 0. The van der Waals surface area contributed by atoms with Gasteiger partial charge in [-0.2, -0.15) is 8.61 Å². The third-order valence-electron chi connectivity index (χ3n) is 7.66. The predicted molar refractivity (Wildman–Crippen MR) is 145 cm³/mol. The molecule has 1 aliphatic carbocycles. The quantitative estimate of drug-likeness (QED) is 0.411. The zero-order chi connectivity index (χ0) is 26.6. The molecule has 1 atom stereocenters. The Morgan fingerprint density at radius 1 is 0.811 bits per heavy atom. The Kier molecular flexibility index (Phi) is 9.12. The average Bonchev–Trinajstić information content (AvgIpc) is 3.42. The van der Waals surface area contributed by atoms with E-state index in [0.717, 1.165) is 50.5 Å². The average molecular weight is 549 g/mol. The third-order valence-corrected chi connectivity index (χ3v) is 11.4. The molecule has 1 saturated heterocycles. The lowest BCUT2D eigenvalue weighted by molar-refractivity contribution is 0.0926. The summed E-state index contributed by atoms with van der Waals surface area (Å²) in [6.45, 7) is 5.38. The number of rotatable bonds is 10. The van der Waals surface area contributed by atoms with Crippen molar-refractivity contribution in [3.63, 3.8) is 0 Å². The van der Waals surface area contributed by atoms with E-state index in [4.69, 9.17) is 4.74 Å². The molecular formula is C28H40N2O5S2. The largest absolute Gasteiger partial charge is 0.377 e. The molecule has 37 heavy (non-hydrogen) atoms. The molecule has 2 aromatic rings. The third kappa shape index (κ3) is 6.63. The molecule has 2 fully saturated rings. The van der Waals surface area contributed by atoms with Crippen molar-refractivity contribution in [2.45, 2.75) is 93.2 Å². The monoisotopic (exact) mass is 548 g/mol. The van der Waals surface area contributed by atoms with Crippen LogP contribution in [0.4, 0.5) is 0 Å². The van der Waals surface area contributed by atoms with Gasteiger partial charge in [-0.3, -0.25) is 0 Å². The zero-order valence-corrected chi connectivity index (χ0v) is 23.8. The van der Waals surface area contributed by atoms with Crippen molar-refractivity contribution in [2.75, 3.05) is 20.2 Å². The summed E-state index contributed by atoms with van der Waals surface area (Å²) >= 11 is 0. The van der Waals surface area contributed by atoms with Gasteiger partial charge in [0.1, 0.15) is 0 Å². The molecule has 4 rings (SSSR count). The van der Waals surface area contributed by atoms with E-state index in [1.54, 1.807) is 7.05 Å². The molecule has 0 N–H and O–H groups in total. The van der Waals surface area contributed by atoms with E-state index < -0.39 is 20.0 Å². The van der Waals surface area contributed by atoms with Crippen molar-refractivity contribution >= 4 is 20.0 Å². The van der Waals surface area contributed by atoms with Gasteiger partial charge in [0, 0.05) is 32.8 Å². The molecule has 204 valence electrons. The molecular weight excluding hydrogens is 508 g/mol. The first-order valence-electron chi connectivity index (χ1n) is 13.4. The van der Waals surface area contributed by atoms with E-state index in [1.807, 2.05) is 24.3 Å². The number of ether oxygens (including phenoxy) is 1. The van der Waals surface area contributed by atoms with E-state index >= 15 is 0 Å². The van der Waals surface area contributed by atoms with Gasteiger partial charge < -0.3 is 4.74 Å². The molecule has 7 nitrogen and oxygen atoms in total. The van der Waals surface area contributed by atoms with Crippen LogP contribution in [0.25, 0.3) is 0 Å². The van der Waals surface area contributed by atoms with Gasteiger partial charge in [-0.1, -0.05) is 57.4 Å². The van der Waals surface area contributed by atoms with Crippen LogP contribution in [0.2, 0.25) is 0 Å². The lowest BCUT2D eigenvalue weighted by Gasteiger charge is -2.30. The highest BCUT2D eigenvalue weighted by Crippen LogP contribution is 2.28. The summed E-state index contributed by atoms with van der Waals surface area (Å²) in [7, 11) is -5.94. The summed E-state index contributed by atoms with van der Waals surface area (Å²) in [5.41, 5.74) is 2.10. The molecule has 9 heteroatoms. The highest BCUT2D eigenvalue weighted by atomic mass is 32.2. The van der Waals surface area contributed by atoms with Crippen molar-refractivity contribution in [3.05, 3.63) is 59.7 Å². The van der Waals surface area contributed by atoms with E-state index in [-0.39, 0.29) is 35.0 Å². The maximum absolute atomic E-state index is 13.8. The van der Waals surface area contributed by atoms with E-state index in [0.29, 0.717) is 12.5 Å². The molecule has 2 aromatic carbocycles. The number of hydrogen-bond donors (Lipinski definition) is 0. The van der Waals surface area contributed by atoms with Gasteiger partial charge in [0.2, 0.25) is 20.0 Å². The minimum Gasteiger partial charge on any atom is -0.377 e. The standard InChI is InChI=1S/C28H40N2O5S2/c1-22(2)24-13-11-23(12-14-24)20-30(21-26-10-7-19-35-26)37(33,34)28-17-15-27(16-18-28)36(31,32)29(3)25-8-5-4-6-9-25/h11-18,22,25-26H,4-10,19-21H2,1-3H3/t26-/m0/s1.